The number of benzene rings is 1. The molecule has 0 bridgehead atoms. The van der Waals surface area contributed by atoms with Crippen LogP contribution in [0.1, 0.15) is 58.6 Å². The Morgan fingerprint density at radius 2 is 2.03 bits per heavy atom. The Bertz CT molecular complexity index is 918. The number of hydrogen-bond acceptors (Lipinski definition) is 5. The zero-order valence-electron chi connectivity index (χ0n) is 17.8. The molecule has 0 spiro atoms. The standard InChI is InChI=1S/C23H29NO4S/c1-6-18(28-16-9-8-14(3)15(4)12-16)21(25)24-22-20(23(26)27-5)17-10-7-13(2)11-19(17)29-22/h8-9,12-13,18H,6-7,10-11H2,1-5H3,(H,24,25). The maximum atomic E-state index is 13.0. The number of hydrogen-bond donors (Lipinski definition) is 1. The van der Waals surface area contributed by atoms with E-state index in [1.807, 2.05) is 39.0 Å². The second kappa shape index (κ2) is 8.99. The lowest BCUT2D eigenvalue weighted by molar-refractivity contribution is -0.122. The highest BCUT2D eigenvalue weighted by atomic mass is 32.1. The smallest absolute Gasteiger partial charge is 0.341 e. The molecule has 0 aliphatic heterocycles. The third-order valence-corrected chi connectivity index (χ3v) is 6.73. The van der Waals surface area contributed by atoms with Crippen LogP contribution < -0.4 is 10.1 Å². The lowest BCUT2D eigenvalue weighted by Gasteiger charge is -2.18. The van der Waals surface area contributed by atoms with Gasteiger partial charge in [0.05, 0.1) is 12.7 Å². The lowest BCUT2D eigenvalue weighted by atomic mass is 9.88. The third-order valence-electron chi connectivity index (χ3n) is 5.56. The summed E-state index contributed by atoms with van der Waals surface area (Å²) in [7, 11) is 1.38. The van der Waals surface area contributed by atoms with Gasteiger partial charge < -0.3 is 14.8 Å². The van der Waals surface area contributed by atoms with E-state index in [1.165, 1.54) is 28.9 Å². The van der Waals surface area contributed by atoms with Gasteiger partial charge in [-0.05, 0) is 74.3 Å². The maximum Gasteiger partial charge on any atom is 0.341 e. The van der Waals surface area contributed by atoms with Gasteiger partial charge in [-0.15, -0.1) is 11.3 Å². The fraction of sp³-hybridized carbons (Fsp3) is 0.478. The number of methoxy groups -OCH3 is 1. The van der Waals surface area contributed by atoms with E-state index in [1.54, 1.807) is 0 Å². The molecule has 0 fully saturated rings. The van der Waals surface area contributed by atoms with Crippen molar-refractivity contribution in [2.75, 3.05) is 12.4 Å². The van der Waals surface area contributed by atoms with Crippen molar-refractivity contribution in [2.24, 2.45) is 5.92 Å². The fourth-order valence-electron chi connectivity index (χ4n) is 3.62. The Morgan fingerprint density at radius 1 is 1.28 bits per heavy atom. The monoisotopic (exact) mass is 415 g/mol. The Balaban J connectivity index is 1.82. The first kappa shape index (κ1) is 21.4. The quantitative estimate of drug-likeness (QED) is 0.669. The molecule has 0 saturated heterocycles. The first-order chi connectivity index (χ1) is 13.8. The highest BCUT2D eigenvalue weighted by Crippen LogP contribution is 2.40. The molecule has 2 atom stereocenters. The number of fused-ring (bicyclic) bond motifs is 1. The molecule has 5 nitrogen and oxygen atoms in total. The van der Waals surface area contributed by atoms with Crippen molar-refractivity contribution in [3.8, 4) is 5.75 Å². The van der Waals surface area contributed by atoms with Crippen LogP contribution in [-0.4, -0.2) is 25.1 Å². The van der Waals surface area contributed by atoms with Crippen molar-refractivity contribution >= 4 is 28.2 Å². The molecule has 0 radical (unpaired) electrons. The summed E-state index contributed by atoms with van der Waals surface area (Å²) in [6.45, 7) is 8.18. The normalized spacial score (nSPS) is 16.7. The van der Waals surface area contributed by atoms with Crippen molar-refractivity contribution in [2.45, 2.75) is 59.5 Å². The highest BCUT2D eigenvalue weighted by molar-refractivity contribution is 7.17. The molecular formula is C23H29NO4S. The molecular weight excluding hydrogens is 386 g/mol. The van der Waals surface area contributed by atoms with Crippen LogP contribution in [0.2, 0.25) is 0 Å². The number of carbonyl (C=O) groups is 2. The molecule has 1 aromatic carbocycles. The van der Waals surface area contributed by atoms with Crippen molar-refractivity contribution in [1.82, 2.24) is 0 Å². The number of amides is 1. The van der Waals surface area contributed by atoms with E-state index in [9.17, 15) is 9.59 Å². The summed E-state index contributed by atoms with van der Waals surface area (Å²) in [5, 5.41) is 3.52. The van der Waals surface area contributed by atoms with Gasteiger partial charge in [0, 0.05) is 4.88 Å². The number of rotatable bonds is 6. The molecule has 6 heteroatoms. The van der Waals surface area contributed by atoms with Gasteiger partial charge in [0.2, 0.25) is 0 Å². The zero-order valence-corrected chi connectivity index (χ0v) is 18.6. The number of aryl methyl sites for hydroxylation is 2. The van der Waals surface area contributed by atoms with Crippen LogP contribution in [0.5, 0.6) is 5.75 Å². The molecule has 1 aliphatic rings. The molecule has 1 N–H and O–H groups in total. The van der Waals surface area contributed by atoms with Crippen molar-refractivity contribution < 1.29 is 19.1 Å². The molecule has 1 aromatic heterocycles. The van der Waals surface area contributed by atoms with Crippen molar-refractivity contribution in [1.29, 1.82) is 0 Å². The number of anilines is 1. The van der Waals surface area contributed by atoms with Crippen LogP contribution in [0.15, 0.2) is 18.2 Å². The summed E-state index contributed by atoms with van der Waals surface area (Å²) in [5.41, 5.74) is 3.83. The lowest BCUT2D eigenvalue weighted by Crippen LogP contribution is -2.32. The largest absolute Gasteiger partial charge is 0.481 e. The van der Waals surface area contributed by atoms with Crippen LogP contribution in [-0.2, 0) is 22.4 Å². The van der Waals surface area contributed by atoms with E-state index in [2.05, 4.69) is 12.2 Å². The summed E-state index contributed by atoms with van der Waals surface area (Å²) < 4.78 is 11.0. The summed E-state index contributed by atoms with van der Waals surface area (Å²) in [6.07, 6.45) is 2.68. The van der Waals surface area contributed by atoms with Gasteiger partial charge >= 0.3 is 5.97 Å². The molecule has 3 rings (SSSR count). The Kier molecular flexibility index (Phi) is 6.63. The van der Waals surface area contributed by atoms with Crippen LogP contribution >= 0.6 is 11.3 Å². The molecule has 2 aromatic rings. The molecule has 156 valence electrons. The number of carbonyl (C=O) groups excluding carboxylic acids is 2. The van der Waals surface area contributed by atoms with E-state index >= 15 is 0 Å². The van der Waals surface area contributed by atoms with E-state index < -0.39 is 12.1 Å². The molecule has 1 heterocycles. The average Bonchev–Trinajstić information content (AvgIpc) is 3.04. The van der Waals surface area contributed by atoms with Gasteiger partial charge in [0.25, 0.3) is 5.91 Å². The summed E-state index contributed by atoms with van der Waals surface area (Å²) >= 11 is 1.49. The minimum Gasteiger partial charge on any atom is -0.481 e. The summed E-state index contributed by atoms with van der Waals surface area (Å²) in [5.74, 6) is 0.604. The van der Waals surface area contributed by atoms with Gasteiger partial charge in [-0.25, -0.2) is 4.79 Å². The first-order valence-corrected chi connectivity index (χ1v) is 10.9. The highest BCUT2D eigenvalue weighted by Gasteiger charge is 2.30. The van der Waals surface area contributed by atoms with Crippen molar-refractivity contribution in [3.05, 3.63) is 45.3 Å². The van der Waals surface area contributed by atoms with Crippen molar-refractivity contribution in [3.63, 3.8) is 0 Å². The number of esters is 1. The molecule has 1 amide bonds. The Morgan fingerprint density at radius 3 is 2.69 bits per heavy atom. The molecule has 29 heavy (non-hydrogen) atoms. The Hall–Kier alpha value is -2.34. The average molecular weight is 416 g/mol. The van der Waals surface area contributed by atoms with E-state index in [-0.39, 0.29) is 5.91 Å². The van der Waals surface area contributed by atoms with E-state index in [4.69, 9.17) is 9.47 Å². The Labute approximate surface area is 176 Å². The second-order valence-corrected chi connectivity index (χ2v) is 8.90. The topological polar surface area (TPSA) is 64.6 Å². The van der Waals surface area contributed by atoms with Gasteiger partial charge in [0.1, 0.15) is 10.8 Å². The predicted molar refractivity (Wildman–Crippen MR) is 116 cm³/mol. The van der Waals surface area contributed by atoms with E-state index in [0.717, 1.165) is 30.4 Å². The van der Waals surface area contributed by atoms with Gasteiger partial charge in [-0.1, -0.05) is 19.9 Å². The SMILES string of the molecule is CCC(Oc1ccc(C)c(C)c1)C(=O)Nc1sc2c(c1C(=O)OC)CCC(C)C2. The third kappa shape index (κ3) is 4.64. The van der Waals surface area contributed by atoms with Crippen LogP contribution in [0.3, 0.4) is 0 Å². The predicted octanol–water partition coefficient (Wildman–Crippen LogP) is 5.07. The zero-order chi connectivity index (χ0) is 21.1. The summed E-state index contributed by atoms with van der Waals surface area (Å²) in [4.78, 5) is 26.6. The maximum absolute atomic E-state index is 13.0. The molecule has 2 unspecified atom stereocenters. The minimum absolute atomic E-state index is 0.248. The van der Waals surface area contributed by atoms with Crippen LogP contribution in [0, 0.1) is 19.8 Å². The molecule has 1 aliphatic carbocycles. The number of nitrogens with one attached hydrogen (secondary N) is 1. The fourth-order valence-corrected chi connectivity index (χ4v) is 5.02. The number of thiophene rings is 1. The van der Waals surface area contributed by atoms with Crippen LogP contribution in [0.25, 0.3) is 0 Å². The van der Waals surface area contributed by atoms with Crippen LogP contribution in [0.4, 0.5) is 5.00 Å². The van der Waals surface area contributed by atoms with Gasteiger partial charge in [-0.2, -0.15) is 0 Å². The number of ether oxygens (including phenoxy) is 2. The minimum atomic E-state index is -0.638. The molecule has 0 saturated carbocycles. The van der Waals surface area contributed by atoms with Gasteiger partial charge in [-0.3, -0.25) is 4.79 Å². The van der Waals surface area contributed by atoms with E-state index in [0.29, 0.717) is 28.7 Å². The van der Waals surface area contributed by atoms with Gasteiger partial charge in [0.15, 0.2) is 6.10 Å². The second-order valence-electron chi connectivity index (χ2n) is 7.80. The summed E-state index contributed by atoms with van der Waals surface area (Å²) in [6, 6.07) is 5.80. The first-order valence-electron chi connectivity index (χ1n) is 10.1.